The maximum atomic E-state index is 5.71. The number of ether oxygens (including phenoxy) is 6. The summed E-state index contributed by atoms with van der Waals surface area (Å²) in [7, 11) is 0. The zero-order valence-corrected chi connectivity index (χ0v) is 19.7. The molecule has 7 nitrogen and oxygen atoms in total. The molecule has 0 aliphatic heterocycles. The lowest BCUT2D eigenvalue weighted by atomic mass is 10.1. The average Bonchev–Trinajstić information content (AvgIpc) is 2.68. The lowest BCUT2D eigenvalue weighted by Crippen LogP contribution is -2.45. The first-order valence-corrected chi connectivity index (χ1v) is 11.2. The summed E-state index contributed by atoms with van der Waals surface area (Å²) in [5.74, 6) is 0. The van der Waals surface area contributed by atoms with Crippen LogP contribution in [-0.4, -0.2) is 103 Å². The van der Waals surface area contributed by atoms with Crippen molar-refractivity contribution in [3.05, 3.63) is 0 Å². The molecule has 0 saturated carbocycles. The Kier molecular flexibility index (Phi) is 20.8. The van der Waals surface area contributed by atoms with E-state index in [9.17, 15) is 0 Å². The first kappa shape index (κ1) is 28.7. The molecule has 0 spiro atoms. The van der Waals surface area contributed by atoms with Gasteiger partial charge in [0.1, 0.15) is 0 Å². The molecule has 0 amide bonds. The van der Waals surface area contributed by atoms with Gasteiger partial charge in [0.05, 0.1) is 66.1 Å². The van der Waals surface area contributed by atoms with Crippen LogP contribution in [0.1, 0.15) is 47.5 Å². The standard InChI is InChI=1S/C22H47NO6/c1-6-10-24-14-18-28-20-16-26-12-8-23(22(3,4)5)9-13-27-17-21-29-19-15-25-11-7-2/h6-21H2,1-5H3. The van der Waals surface area contributed by atoms with E-state index in [1.165, 1.54) is 0 Å². The summed E-state index contributed by atoms with van der Waals surface area (Å²) in [4.78, 5) is 2.38. The van der Waals surface area contributed by atoms with Gasteiger partial charge in [0, 0.05) is 31.8 Å². The maximum absolute atomic E-state index is 5.71. The van der Waals surface area contributed by atoms with Crippen molar-refractivity contribution in [2.75, 3.05) is 92.4 Å². The lowest BCUT2D eigenvalue weighted by molar-refractivity contribution is -0.00822. The molecule has 176 valence electrons. The summed E-state index contributed by atoms with van der Waals surface area (Å²) in [6.07, 6.45) is 2.08. The summed E-state index contributed by atoms with van der Waals surface area (Å²) in [5.41, 5.74) is 0.0763. The van der Waals surface area contributed by atoms with Crippen LogP contribution < -0.4 is 0 Å². The molecule has 0 N–H and O–H groups in total. The molecule has 0 atom stereocenters. The number of hydrogen-bond donors (Lipinski definition) is 0. The third-order valence-corrected chi connectivity index (χ3v) is 4.14. The highest BCUT2D eigenvalue weighted by Crippen LogP contribution is 2.12. The van der Waals surface area contributed by atoms with E-state index in [-0.39, 0.29) is 5.54 Å². The Morgan fingerprint density at radius 2 is 0.724 bits per heavy atom. The van der Waals surface area contributed by atoms with Crippen LogP contribution >= 0.6 is 0 Å². The second-order valence-corrected chi connectivity index (χ2v) is 7.83. The second-order valence-electron chi connectivity index (χ2n) is 7.83. The normalized spacial score (nSPS) is 12.2. The van der Waals surface area contributed by atoms with E-state index in [0.717, 1.165) is 39.1 Å². The SMILES string of the molecule is CCCOCCOCCOCCN(CCOCCOCCOCCC)C(C)(C)C. The van der Waals surface area contributed by atoms with Crippen LogP contribution in [0.2, 0.25) is 0 Å². The van der Waals surface area contributed by atoms with E-state index in [0.29, 0.717) is 66.1 Å². The van der Waals surface area contributed by atoms with E-state index in [4.69, 9.17) is 28.4 Å². The molecule has 0 aromatic carbocycles. The Morgan fingerprint density at radius 1 is 0.448 bits per heavy atom. The van der Waals surface area contributed by atoms with Crippen molar-refractivity contribution in [3.63, 3.8) is 0 Å². The molecular formula is C22H47NO6. The minimum atomic E-state index is 0.0763. The zero-order valence-electron chi connectivity index (χ0n) is 19.7. The summed E-state index contributed by atoms with van der Waals surface area (Å²) in [6, 6.07) is 0. The molecule has 0 fully saturated rings. The summed E-state index contributed by atoms with van der Waals surface area (Å²) in [6.45, 7) is 20.6. The molecule has 0 aromatic heterocycles. The Hall–Kier alpha value is -0.280. The lowest BCUT2D eigenvalue weighted by Gasteiger charge is -2.35. The minimum Gasteiger partial charge on any atom is -0.379 e. The fourth-order valence-corrected chi connectivity index (χ4v) is 2.50. The highest BCUT2D eigenvalue weighted by molar-refractivity contribution is 4.75. The van der Waals surface area contributed by atoms with Gasteiger partial charge in [-0.25, -0.2) is 0 Å². The Bertz CT molecular complexity index is 301. The van der Waals surface area contributed by atoms with Gasteiger partial charge in [-0.3, -0.25) is 4.90 Å². The summed E-state index contributed by atoms with van der Waals surface area (Å²) in [5, 5.41) is 0. The molecular weight excluding hydrogens is 374 g/mol. The van der Waals surface area contributed by atoms with Crippen molar-refractivity contribution in [2.45, 2.75) is 53.0 Å². The predicted molar refractivity (Wildman–Crippen MR) is 117 cm³/mol. The quantitative estimate of drug-likeness (QED) is 0.249. The van der Waals surface area contributed by atoms with Crippen LogP contribution in [0.3, 0.4) is 0 Å². The molecule has 0 aliphatic carbocycles. The molecule has 0 unspecified atom stereocenters. The van der Waals surface area contributed by atoms with E-state index < -0.39 is 0 Å². The third kappa shape index (κ3) is 20.8. The van der Waals surface area contributed by atoms with Crippen molar-refractivity contribution in [1.82, 2.24) is 4.90 Å². The molecule has 29 heavy (non-hydrogen) atoms. The summed E-state index contributed by atoms with van der Waals surface area (Å²) >= 11 is 0. The molecule has 0 aromatic rings. The van der Waals surface area contributed by atoms with Crippen LogP contribution in [-0.2, 0) is 28.4 Å². The van der Waals surface area contributed by atoms with Crippen LogP contribution in [0.4, 0.5) is 0 Å². The molecule has 0 rings (SSSR count). The molecule has 0 heterocycles. The van der Waals surface area contributed by atoms with Gasteiger partial charge >= 0.3 is 0 Å². The van der Waals surface area contributed by atoms with Gasteiger partial charge in [-0.15, -0.1) is 0 Å². The Morgan fingerprint density at radius 3 is 1.00 bits per heavy atom. The highest BCUT2D eigenvalue weighted by Gasteiger charge is 2.20. The van der Waals surface area contributed by atoms with Gasteiger partial charge in [0.2, 0.25) is 0 Å². The highest BCUT2D eigenvalue weighted by atomic mass is 16.5. The van der Waals surface area contributed by atoms with Crippen molar-refractivity contribution in [2.24, 2.45) is 0 Å². The fraction of sp³-hybridized carbons (Fsp3) is 1.00. The van der Waals surface area contributed by atoms with Crippen LogP contribution in [0.25, 0.3) is 0 Å². The smallest absolute Gasteiger partial charge is 0.0701 e. The zero-order chi connectivity index (χ0) is 21.6. The van der Waals surface area contributed by atoms with Gasteiger partial charge in [0.15, 0.2) is 0 Å². The van der Waals surface area contributed by atoms with E-state index in [1.807, 2.05) is 0 Å². The molecule has 7 heteroatoms. The first-order chi connectivity index (χ1) is 14.0. The first-order valence-electron chi connectivity index (χ1n) is 11.2. The van der Waals surface area contributed by atoms with E-state index in [1.54, 1.807) is 0 Å². The summed E-state index contributed by atoms with van der Waals surface area (Å²) < 4.78 is 33.1. The van der Waals surface area contributed by atoms with Gasteiger partial charge in [-0.1, -0.05) is 13.8 Å². The van der Waals surface area contributed by atoms with Crippen molar-refractivity contribution in [1.29, 1.82) is 0 Å². The van der Waals surface area contributed by atoms with Crippen molar-refractivity contribution < 1.29 is 28.4 Å². The maximum Gasteiger partial charge on any atom is 0.0701 e. The Labute approximate surface area is 179 Å². The third-order valence-electron chi connectivity index (χ3n) is 4.14. The topological polar surface area (TPSA) is 58.6 Å². The van der Waals surface area contributed by atoms with Crippen LogP contribution in [0, 0.1) is 0 Å². The van der Waals surface area contributed by atoms with E-state index >= 15 is 0 Å². The van der Waals surface area contributed by atoms with Crippen LogP contribution in [0.5, 0.6) is 0 Å². The monoisotopic (exact) mass is 421 g/mol. The number of nitrogens with zero attached hydrogens (tertiary/aromatic N) is 1. The van der Waals surface area contributed by atoms with Crippen LogP contribution in [0.15, 0.2) is 0 Å². The molecule has 0 aliphatic rings. The fourth-order valence-electron chi connectivity index (χ4n) is 2.50. The minimum absolute atomic E-state index is 0.0763. The molecule has 0 radical (unpaired) electrons. The van der Waals surface area contributed by atoms with Gasteiger partial charge in [0.25, 0.3) is 0 Å². The average molecular weight is 422 g/mol. The largest absolute Gasteiger partial charge is 0.379 e. The van der Waals surface area contributed by atoms with E-state index in [2.05, 4.69) is 39.5 Å². The predicted octanol–water partition coefficient (Wildman–Crippen LogP) is 3.01. The number of hydrogen-bond acceptors (Lipinski definition) is 7. The number of rotatable bonds is 22. The van der Waals surface area contributed by atoms with Gasteiger partial charge in [-0.2, -0.15) is 0 Å². The molecule has 0 saturated heterocycles. The van der Waals surface area contributed by atoms with Crippen molar-refractivity contribution in [3.8, 4) is 0 Å². The molecule has 0 bridgehead atoms. The van der Waals surface area contributed by atoms with Gasteiger partial charge in [-0.05, 0) is 33.6 Å². The Balaban J connectivity index is 3.61. The second kappa shape index (κ2) is 21.0. The van der Waals surface area contributed by atoms with Crippen molar-refractivity contribution >= 4 is 0 Å². The van der Waals surface area contributed by atoms with Gasteiger partial charge < -0.3 is 28.4 Å².